The minimum atomic E-state index is -0.364. The highest BCUT2D eigenvalue weighted by molar-refractivity contribution is 5.90. The van der Waals surface area contributed by atoms with Crippen LogP contribution in [-0.2, 0) is 13.0 Å². The Morgan fingerprint density at radius 3 is 2.64 bits per heavy atom. The molecule has 0 spiro atoms. The maximum atomic E-state index is 11.2. The summed E-state index contributed by atoms with van der Waals surface area (Å²) in [6.45, 7) is 4.35. The zero-order valence-corrected chi connectivity index (χ0v) is 12.5. The normalized spacial score (nSPS) is 11.0. The summed E-state index contributed by atoms with van der Waals surface area (Å²) in [5.41, 5.74) is 3.44. The fourth-order valence-electron chi connectivity index (χ4n) is 2.64. The Kier molecular flexibility index (Phi) is 3.58. The van der Waals surface area contributed by atoms with E-state index in [-0.39, 0.29) is 10.6 Å². The van der Waals surface area contributed by atoms with E-state index in [1.165, 1.54) is 6.07 Å². The molecule has 0 atom stereocenters. The first-order valence-corrected chi connectivity index (χ1v) is 7.15. The van der Waals surface area contributed by atoms with Gasteiger partial charge in [0, 0.05) is 11.8 Å². The molecule has 2 aromatic heterocycles. The van der Waals surface area contributed by atoms with E-state index in [4.69, 9.17) is 0 Å². The van der Waals surface area contributed by atoms with Gasteiger partial charge >= 0.3 is 0 Å². The molecule has 0 N–H and O–H groups in total. The zero-order chi connectivity index (χ0) is 15.7. The van der Waals surface area contributed by atoms with Crippen LogP contribution in [0.1, 0.15) is 24.0 Å². The molecule has 2 heterocycles. The number of nitro benzene ring substituents is 1. The lowest BCUT2D eigenvalue weighted by molar-refractivity contribution is -0.383. The Labute approximate surface area is 127 Å². The van der Waals surface area contributed by atoms with Crippen molar-refractivity contribution in [1.29, 1.82) is 0 Å². The lowest BCUT2D eigenvalue weighted by atomic mass is 10.2. The van der Waals surface area contributed by atoms with Crippen molar-refractivity contribution >= 4 is 16.6 Å². The smallest absolute Gasteiger partial charge is 0.258 e. The van der Waals surface area contributed by atoms with Crippen LogP contribution < -0.4 is 0 Å². The van der Waals surface area contributed by atoms with Crippen molar-refractivity contribution in [2.24, 2.45) is 0 Å². The van der Waals surface area contributed by atoms with E-state index in [1.54, 1.807) is 17.7 Å². The average molecular weight is 296 g/mol. The van der Waals surface area contributed by atoms with Gasteiger partial charge in [-0.1, -0.05) is 19.1 Å². The van der Waals surface area contributed by atoms with E-state index in [9.17, 15) is 10.1 Å². The number of nitro groups is 1. The van der Waals surface area contributed by atoms with Crippen LogP contribution >= 0.6 is 0 Å². The largest absolute Gasteiger partial charge is 0.280 e. The van der Waals surface area contributed by atoms with Crippen LogP contribution in [0.5, 0.6) is 0 Å². The van der Waals surface area contributed by atoms with Gasteiger partial charge in [0.05, 0.1) is 28.4 Å². The molecule has 0 saturated carbocycles. The predicted octanol–water partition coefficient (Wildman–Crippen LogP) is 3.26. The Morgan fingerprint density at radius 1 is 1.18 bits per heavy atom. The van der Waals surface area contributed by atoms with Crippen LogP contribution in [0.3, 0.4) is 0 Å². The second-order valence-corrected chi connectivity index (χ2v) is 5.15. The Hall–Kier alpha value is -2.76. The summed E-state index contributed by atoms with van der Waals surface area (Å²) in [5, 5.41) is 16.2. The Morgan fingerprint density at radius 2 is 1.91 bits per heavy atom. The van der Waals surface area contributed by atoms with Crippen molar-refractivity contribution in [3.8, 4) is 0 Å². The van der Waals surface area contributed by atoms with Gasteiger partial charge in [-0.05, 0) is 31.5 Å². The summed E-state index contributed by atoms with van der Waals surface area (Å²) in [6, 6.07) is 11.0. The van der Waals surface area contributed by atoms with Crippen LogP contribution in [0.25, 0.3) is 10.9 Å². The van der Waals surface area contributed by atoms with E-state index >= 15 is 0 Å². The molecule has 112 valence electrons. The molecule has 6 nitrogen and oxygen atoms in total. The van der Waals surface area contributed by atoms with Crippen molar-refractivity contribution in [1.82, 2.24) is 14.8 Å². The van der Waals surface area contributed by atoms with Gasteiger partial charge in [-0.3, -0.25) is 19.8 Å². The molecule has 6 heteroatoms. The van der Waals surface area contributed by atoms with E-state index < -0.39 is 0 Å². The second-order valence-electron chi connectivity index (χ2n) is 5.15. The zero-order valence-electron chi connectivity index (χ0n) is 12.5. The van der Waals surface area contributed by atoms with Gasteiger partial charge < -0.3 is 0 Å². The first kappa shape index (κ1) is 14.2. The fourth-order valence-corrected chi connectivity index (χ4v) is 2.64. The average Bonchev–Trinajstić information content (AvgIpc) is 2.84. The van der Waals surface area contributed by atoms with Gasteiger partial charge in [-0.2, -0.15) is 5.10 Å². The van der Waals surface area contributed by atoms with Crippen molar-refractivity contribution < 1.29 is 4.92 Å². The SMILES string of the molecule is CCc1cccc(Cn2nc(C)c3c([N+](=O)[O-])cccc32)n1. The molecule has 22 heavy (non-hydrogen) atoms. The number of aromatic nitrogens is 3. The van der Waals surface area contributed by atoms with Gasteiger partial charge in [0.1, 0.15) is 5.39 Å². The molecule has 0 aliphatic rings. The monoisotopic (exact) mass is 296 g/mol. The third-order valence-electron chi connectivity index (χ3n) is 3.67. The maximum absolute atomic E-state index is 11.2. The number of fused-ring (bicyclic) bond motifs is 1. The van der Waals surface area contributed by atoms with Crippen LogP contribution in [0.2, 0.25) is 0 Å². The lowest BCUT2D eigenvalue weighted by Crippen LogP contribution is -2.04. The minimum Gasteiger partial charge on any atom is -0.258 e. The first-order valence-electron chi connectivity index (χ1n) is 7.15. The van der Waals surface area contributed by atoms with Gasteiger partial charge in [0.25, 0.3) is 5.69 Å². The molecule has 0 aliphatic heterocycles. The number of nitrogens with zero attached hydrogens (tertiary/aromatic N) is 4. The molecule has 0 saturated heterocycles. The summed E-state index contributed by atoms with van der Waals surface area (Å²) >= 11 is 0. The van der Waals surface area contributed by atoms with E-state index in [2.05, 4.69) is 17.0 Å². The van der Waals surface area contributed by atoms with Crippen LogP contribution in [0, 0.1) is 17.0 Å². The van der Waals surface area contributed by atoms with Gasteiger partial charge in [0.15, 0.2) is 0 Å². The molecule has 0 aliphatic carbocycles. The molecule has 0 bridgehead atoms. The Bertz CT molecular complexity index is 854. The number of pyridine rings is 1. The predicted molar refractivity (Wildman–Crippen MR) is 83.8 cm³/mol. The lowest BCUT2D eigenvalue weighted by Gasteiger charge is -2.05. The first-order chi connectivity index (χ1) is 10.6. The summed E-state index contributed by atoms with van der Waals surface area (Å²) < 4.78 is 1.78. The number of benzene rings is 1. The molecule has 3 aromatic rings. The molecular formula is C16H16N4O2. The topological polar surface area (TPSA) is 73.8 Å². The highest BCUT2D eigenvalue weighted by Crippen LogP contribution is 2.28. The maximum Gasteiger partial charge on any atom is 0.280 e. The third kappa shape index (κ3) is 2.43. The van der Waals surface area contributed by atoms with Crippen molar-refractivity contribution in [3.05, 3.63) is 63.6 Å². The van der Waals surface area contributed by atoms with Crippen LogP contribution in [0.15, 0.2) is 36.4 Å². The molecule has 0 unspecified atom stereocenters. The van der Waals surface area contributed by atoms with Gasteiger partial charge in [-0.25, -0.2) is 0 Å². The fraction of sp³-hybridized carbons (Fsp3) is 0.250. The van der Waals surface area contributed by atoms with Crippen molar-refractivity contribution in [2.75, 3.05) is 0 Å². The summed E-state index contributed by atoms with van der Waals surface area (Å²) in [5.74, 6) is 0. The van der Waals surface area contributed by atoms with E-state index in [0.29, 0.717) is 17.6 Å². The summed E-state index contributed by atoms with van der Waals surface area (Å²) in [4.78, 5) is 15.4. The highest BCUT2D eigenvalue weighted by atomic mass is 16.6. The number of rotatable bonds is 4. The molecule has 0 amide bonds. The summed E-state index contributed by atoms with van der Waals surface area (Å²) in [7, 11) is 0. The quantitative estimate of drug-likeness (QED) is 0.547. The number of hydrogen-bond acceptors (Lipinski definition) is 4. The van der Waals surface area contributed by atoms with Gasteiger partial charge in [-0.15, -0.1) is 0 Å². The van der Waals surface area contributed by atoms with Crippen molar-refractivity contribution in [3.63, 3.8) is 0 Å². The molecule has 1 aromatic carbocycles. The van der Waals surface area contributed by atoms with Gasteiger partial charge in [0.2, 0.25) is 0 Å². The number of non-ortho nitro benzene ring substituents is 1. The Balaban J connectivity index is 2.08. The highest BCUT2D eigenvalue weighted by Gasteiger charge is 2.18. The van der Waals surface area contributed by atoms with Crippen LogP contribution in [-0.4, -0.2) is 19.7 Å². The molecule has 3 rings (SSSR count). The third-order valence-corrected chi connectivity index (χ3v) is 3.67. The molecule has 0 radical (unpaired) electrons. The van der Waals surface area contributed by atoms with E-state index in [1.807, 2.05) is 24.3 Å². The second kappa shape index (κ2) is 5.55. The molecular weight excluding hydrogens is 280 g/mol. The van der Waals surface area contributed by atoms with E-state index in [0.717, 1.165) is 23.3 Å². The number of aryl methyl sites for hydroxylation is 2. The van der Waals surface area contributed by atoms with Crippen LogP contribution in [0.4, 0.5) is 5.69 Å². The summed E-state index contributed by atoms with van der Waals surface area (Å²) in [6.07, 6.45) is 0.873. The minimum absolute atomic E-state index is 0.0940. The van der Waals surface area contributed by atoms with Crippen molar-refractivity contribution in [2.45, 2.75) is 26.8 Å². The molecule has 0 fully saturated rings. The number of hydrogen-bond donors (Lipinski definition) is 0. The standard InChI is InChI=1S/C16H16N4O2/c1-3-12-6-4-7-13(17-12)10-19-14-8-5-9-15(20(21)22)16(14)11(2)18-19/h4-9H,3,10H2,1-2H3.